The van der Waals surface area contributed by atoms with Crippen molar-refractivity contribution in [2.45, 2.75) is 38.3 Å². The van der Waals surface area contributed by atoms with Crippen LogP contribution < -0.4 is 10.2 Å². The van der Waals surface area contributed by atoms with E-state index in [4.69, 9.17) is 21.3 Å². The third-order valence-corrected chi connectivity index (χ3v) is 6.56. The summed E-state index contributed by atoms with van der Waals surface area (Å²) in [5.74, 6) is -0.363. The summed E-state index contributed by atoms with van der Waals surface area (Å²) >= 11 is 7.55. The predicted octanol–water partition coefficient (Wildman–Crippen LogP) is 5.81. The maximum Gasteiger partial charge on any atom is 0.243 e. The highest BCUT2D eigenvalue weighted by molar-refractivity contribution is 7.14. The maximum absolute atomic E-state index is 13.3. The number of rotatable bonds is 8. The summed E-state index contributed by atoms with van der Waals surface area (Å²) in [7, 11) is 0. The normalized spacial score (nSPS) is 16.7. The Balaban J connectivity index is 1.62. The Labute approximate surface area is 196 Å². The topological polar surface area (TPSA) is 54.5 Å². The van der Waals surface area contributed by atoms with E-state index < -0.39 is 6.04 Å². The van der Waals surface area contributed by atoms with Crippen molar-refractivity contribution in [1.82, 2.24) is 10.3 Å². The first-order valence-corrected chi connectivity index (χ1v) is 12.0. The number of benzene rings is 2. The fourth-order valence-corrected chi connectivity index (χ4v) is 4.81. The lowest BCUT2D eigenvalue weighted by Gasteiger charge is -2.30. The molecule has 0 saturated carbocycles. The van der Waals surface area contributed by atoms with Crippen molar-refractivity contribution in [2.75, 3.05) is 18.1 Å². The number of amides is 1. The zero-order chi connectivity index (χ0) is 22.5. The van der Waals surface area contributed by atoms with Crippen molar-refractivity contribution in [3.63, 3.8) is 0 Å². The van der Waals surface area contributed by atoms with Gasteiger partial charge in [0, 0.05) is 34.8 Å². The number of ether oxygens (including phenoxy) is 1. The molecule has 2 atom stereocenters. The van der Waals surface area contributed by atoms with Crippen LogP contribution in [0.1, 0.15) is 26.2 Å². The average Bonchev–Trinajstić information content (AvgIpc) is 3.49. The molecule has 0 radical (unpaired) electrons. The Morgan fingerprint density at radius 3 is 2.69 bits per heavy atom. The second-order valence-electron chi connectivity index (χ2n) is 7.67. The van der Waals surface area contributed by atoms with Gasteiger partial charge in [-0.15, -0.1) is 11.3 Å². The first-order chi connectivity index (χ1) is 15.5. The van der Waals surface area contributed by atoms with Crippen molar-refractivity contribution in [2.24, 2.45) is 0 Å². The number of hydrogen-bond acceptors (Lipinski definition) is 5. The summed E-state index contributed by atoms with van der Waals surface area (Å²) in [6, 6.07) is 13.2. The largest absolute Gasteiger partial charge is 0.376 e. The van der Waals surface area contributed by atoms with E-state index >= 15 is 0 Å². The molecule has 1 saturated heterocycles. The number of nitrogens with zero attached hydrogens (tertiary/aromatic N) is 2. The number of hydrogen-bond donors (Lipinski definition) is 1. The second kappa shape index (κ2) is 10.4. The van der Waals surface area contributed by atoms with E-state index in [1.165, 1.54) is 23.5 Å². The van der Waals surface area contributed by atoms with Gasteiger partial charge in [0.1, 0.15) is 11.9 Å². The molecule has 2 aromatic carbocycles. The molecule has 1 N–H and O–H groups in total. The quantitative estimate of drug-likeness (QED) is 0.448. The number of nitrogens with one attached hydrogen (secondary N) is 1. The monoisotopic (exact) mass is 473 g/mol. The highest BCUT2D eigenvalue weighted by Gasteiger charge is 2.29. The van der Waals surface area contributed by atoms with Crippen LogP contribution in [0.5, 0.6) is 0 Å². The molecule has 1 fully saturated rings. The first kappa shape index (κ1) is 22.7. The molecule has 1 aromatic heterocycles. The zero-order valence-electron chi connectivity index (χ0n) is 17.8. The van der Waals surface area contributed by atoms with Gasteiger partial charge in [-0.3, -0.25) is 4.79 Å². The fraction of sp³-hybridized carbons (Fsp3) is 0.333. The number of halogens is 2. The maximum atomic E-state index is 13.3. The molecule has 0 unspecified atom stereocenters. The van der Waals surface area contributed by atoms with Crippen LogP contribution in [0.3, 0.4) is 0 Å². The van der Waals surface area contributed by atoms with Crippen LogP contribution in [0, 0.1) is 5.82 Å². The molecule has 1 aliphatic rings. The van der Waals surface area contributed by atoms with Crippen molar-refractivity contribution in [3.05, 3.63) is 64.8 Å². The predicted molar refractivity (Wildman–Crippen MR) is 127 cm³/mol. The summed E-state index contributed by atoms with van der Waals surface area (Å²) in [6.45, 7) is 3.23. The van der Waals surface area contributed by atoms with E-state index in [0.717, 1.165) is 36.4 Å². The minimum atomic E-state index is -0.454. The van der Waals surface area contributed by atoms with Crippen LogP contribution in [-0.4, -0.2) is 36.2 Å². The second-order valence-corrected chi connectivity index (χ2v) is 8.95. The Bertz CT molecular complexity index is 1040. The zero-order valence-corrected chi connectivity index (χ0v) is 19.3. The van der Waals surface area contributed by atoms with Crippen molar-refractivity contribution in [1.29, 1.82) is 0 Å². The minimum absolute atomic E-state index is 0.0727. The molecule has 4 rings (SSSR count). The van der Waals surface area contributed by atoms with Crippen molar-refractivity contribution in [3.8, 4) is 11.3 Å². The minimum Gasteiger partial charge on any atom is -0.376 e. The number of thiazole rings is 1. The molecule has 8 heteroatoms. The lowest BCUT2D eigenvalue weighted by Crippen LogP contribution is -2.46. The summed E-state index contributed by atoms with van der Waals surface area (Å²) < 4.78 is 19.0. The lowest BCUT2D eigenvalue weighted by molar-refractivity contribution is -0.122. The first-order valence-electron chi connectivity index (χ1n) is 10.7. The van der Waals surface area contributed by atoms with Crippen LogP contribution in [0.2, 0.25) is 5.02 Å². The SMILES string of the molecule is CC[C@H](C(=O)NC[C@@H]1CCCO1)N(c1ccc(Cl)cc1)c1nc(-c2ccc(F)cc2)cs1. The standard InChI is InChI=1S/C24H25ClFN3O2S/c1-2-22(23(30)27-14-20-4-3-13-31-20)29(19-11-7-17(25)8-12-19)24-28-21(15-32-24)16-5-9-18(26)10-6-16/h5-12,15,20,22H,2-4,13-14H2,1H3,(H,27,30)/t20-,22+/m0/s1. The highest BCUT2D eigenvalue weighted by atomic mass is 35.5. The number of carbonyl (C=O) groups is 1. The smallest absolute Gasteiger partial charge is 0.243 e. The molecule has 2 heterocycles. The summed E-state index contributed by atoms with van der Waals surface area (Å²) in [4.78, 5) is 19.9. The molecular formula is C24H25ClFN3O2S. The van der Waals surface area contributed by atoms with Crippen LogP contribution >= 0.6 is 22.9 Å². The van der Waals surface area contributed by atoms with Gasteiger partial charge in [-0.1, -0.05) is 18.5 Å². The molecule has 1 aliphatic heterocycles. The molecule has 0 bridgehead atoms. The third-order valence-electron chi connectivity index (χ3n) is 5.47. The number of aromatic nitrogens is 1. The molecule has 32 heavy (non-hydrogen) atoms. The van der Waals surface area contributed by atoms with Gasteiger partial charge in [-0.2, -0.15) is 0 Å². The average molecular weight is 474 g/mol. The van der Waals surface area contributed by atoms with Gasteiger partial charge in [0.25, 0.3) is 0 Å². The van der Waals surface area contributed by atoms with Crippen molar-refractivity contribution < 1.29 is 13.9 Å². The third kappa shape index (κ3) is 5.28. The van der Waals surface area contributed by atoms with Crippen LogP contribution in [0.4, 0.5) is 15.2 Å². The summed E-state index contributed by atoms with van der Waals surface area (Å²) in [5, 5.41) is 6.28. The molecule has 0 spiro atoms. The molecular weight excluding hydrogens is 449 g/mol. The number of carbonyl (C=O) groups excluding carboxylic acids is 1. The van der Waals surface area contributed by atoms with Gasteiger partial charge in [0.05, 0.1) is 11.8 Å². The van der Waals surface area contributed by atoms with Crippen LogP contribution in [0.15, 0.2) is 53.9 Å². The Hall–Kier alpha value is -2.48. The van der Waals surface area contributed by atoms with Gasteiger partial charge >= 0.3 is 0 Å². The lowest BCUT2D eigenvalue weighted by atomic mass is 10.1. The van der Waals surface area contributed by atoms with E-state index in [1.807, 2.05) is 29.3 Å². The van der Waals surface area contributed by atoms with E-state index in [9.17, 15) is 9.18 Å². The van der Waals surface area contributed by atoms with Gasteiger partial charge < -0.3 is 15.0 Å². The fourth-order valence-electron chi connectivity index (χ4n) is 3.78. The van der Waals surface area contributed by atoms with Crippen molar-refractivity contribution >= 4 is 39.7 Å². The molecule has 1 amide bonds. The van der Waals surface area contributed by atoms with Crippen LogP contribution in [-0.2, 0) is 9.53 Å². The van der Waals surface area contributed by atoms with E-state index in [2.05, 4.69) is 5.32 Å². The summed E-state index contributed by atoms with van der Waals surface area (Å²) in [6.07, 6.45) is 2.65. The van der Waals surface area contributed by atoms with Gasteiger partial charge in [-0.25, -0.2) is 9.37 Å². The molecule has 3 aromatic rings. The Morgan fingerprint density at radius 1 is 1.28 bits per heavy atom. The number of anilines is 2. The highest BCUT2D eigenvalue weighted by Crippen LogP contribution is 2.35. The van der Waals surface area contributed by atoms with E-state index in [0.29, 0.717) is 23.1 Å². The van der Waals surface area contributed by atoms with Gasteiger partial charge in [-0.05, 0) is 67.8 Å². The Kier molecular flexibility index (Phi) is 7.40. The van der Waals surface area contributed by atoms with Crippen LogP contribution in [0.25, 0.3) is 11.3 Å². The van der Waals surface area contributed by atoms with Gasteiger partial charge in [0.15, 0.2) is 5.13 Å². The van der Waals surface area contributed by atoms with E-state index in [1.54, 1.807) is 24.3 Å². The molecule has 5 nitrogen and oxygen atoms in total. The van der Waals surface area contributed by atoms with Gasteiger partial charge in [0.2, 0.25) is 5.91 Å². The molecule has 0 aliphatic carbocycles. The molecule has 168 valence electrons. The summed E-state index contributed by atoms with van der Waals surface area (Å²) in [5.41, 5.74) is 2.38. The Morgan fingerprint density at radius 2 is 2.03 bits per heavy atom. The van der Waals surface area contributed by atoms with E-state index in [-0.39, 0.29) is 17.8 Å².